The molecule has 1 aliphatic rings. The topological polar surface area (TPSA) is 75.1 Å². The molecule has 1 aliphatic carbocycles. The minimum atomic E-state index is -0.214. The number of aliphatic hydroxyl groups is 1. The van der Waals surface area contributed by atoms with Crippen LogP contribution in [0.3, 0.4) is 0 Å². The van der Waals surface area contributed by atoms with Gasteiger partial charge in [0.15, 0.2) is 0 Å². The summed E-state index contributed by atoms with van der Waals surface area (Å²) in [6.07, 6.45) is 4.86. The first-order valence-corrected chi connectivity index (χ1v) is 8.12. The van der Waals surface area contributed by atoms with Gasteiger partial charge in [-0.05, 0) is 45.8 Å². The fourth-order valence-electron chi connectivity index (χ4n) is 2.57. The Morgan fingerprint density at radius 1 is 1.25 bits per heavy atom. The number of hydrogen-bond donors (Lipinski definition) is 2. The second-order valence-electron chi connectivity index (χ2n) is 5.22. The molecule has 0 atom stereocenters. The second-order valence-corrected chi connectivity index (χ2v) is 6.01. The highest BCUT2D eigenvalue weighted by Gasteiger charge is 2.24. The van der Waals surface area contributed by atoms with E-state index in [0.717, 1.165) is 36.4 Å². The molecule has 6 heteroatoms. The third-order valence-corrected chi connectivity index (χ3v) is 4.30. The lowest BCUT2D eigenvalue weighted by Crippen LogP contribution is -2.39. The summed E-state index contributed by atoms with van der Waals surface area (Å²) in [7, 11) is 0. The maximum Gasteiger partial charge on any atom is 0.256 e. The van der Waals surface area contributed by atoms with E-state index in [2.05, 4.69) is 15.3 Å². The summed E-state index contributed by atoms with van der Waals surface area (Å²) in [6, 6.07) is 0.140. The highest BCUT2D eigenvalue weighted by Crippen LogP contribution is 2.22. The Hall–Kier alpha value is -1.14. The zero-order chi connectivity index (χ0) is 14.7. The van der Waals surface area contributed by atoms with E-state index in [-0.39, 0.29) is 18.1 Å². The van der Waals surface area contributed by atoms with Gasteiger partial charge in [0.25, 0.3) is 5.91 Å². The van der Waals surface area contributed by atoms with Crippen LogP contribution in [0.4, 0.5) is 0 Å². The van der Waals surface area contributed by atoms with Crippen molar-refractivity contribution in [3.63, 3.8) is 0 Å². The average molecular weight is 295 g/mol. The molecular weight excluding hydrogens is 274 g/mol. The van der Waals surface area contributed by atoms with E-state index in [1.807, 2.05) is 20.1 Å². The molecule has 1 amide bonds. The van der Waals surface area contributed by atoms with E-state index in [9.17, 15) is 9.90 Å². The molecule has 1 saturated carbocycles. The number of nitrogens with one attached hydrogen (secondary N) is 1. The minimum absolute atomic E-state index is 0.103. The highest BCUT2D eigenvalue weighted by molar-refractivity contribution is 7.98. The molecule has 0 aromatic carbocycles. The fourth-order valence-corrected chi connectivity index (χ4v) is 3.24. The van der Waals surface area contributed by atoms with Crippen molar-refractivity contribution in [3.05, 3.63) is 17.1 Å². The summed E-state index contributed by atoms with van der Waals surface area (Å²) in [6.45, 7) is 3.67. The Kier molecular flexibility index (Phi) is 4.99. The molecule has 1 heterocycles. The van der Waals surface area contributed by atoms with E-state index < -0.39 is 0 Å². The number of aryl methyl sites for hydroxylation is 2. The molecule has 1 fully saturated rings. The molecule has 2 N–H and O–H groups in total. The van der Waals surface area contributed by atoms with Crippen molar-refractivity contribution >= 4 is 17.7 Å². The van der Waals surface area contributed by atoms with Gasteiger partial charge >= 0.3 is 0 Å². The van der Waals surface area contributed by atoms with Crippen LogP contribution in [0, 0.1) is 13.8 Å². The zero-order valence-electron chi connectivity index (χ0n) is 12.1. The van der Waals surface area contributed by atoms with E-state index in [0.29, 0.717) is 11.4 Å². The summed E-state index contributed by atoms with van der Waals surface area (Å²) < 4.78 is 0. The Balaban J connectivity index is 2.13. The van der Waals surface area contributed by atoms with E-state index in [1.165, 1.54) is 11.8 Å². The van der Waals surface area contributed by atoms with Crippen molar-refractivity contribution in [1.29, 1.82) is 0 Å². The van der Waals surface area contributed by atoms with E-state index in [4.69, 9.17) is 0 Å². The smallest absolute Gasteiger partial charge is 0.256 e. The van der Waals surface area contributed by atoms with Crippen LogP contribution in [0.5, 0.6) is 0 Å². The quantitative estimate of drug-likeness (QED) is 0.657. The molecule has 1 aromatic heterocycles. The van der Waals surface area contributed by atoms with Crippen molar-refractivity contribution in [2.24, 2.45) is 0 Å². The molecule has 110 valence electrons. The van der Waals surface area contributed by atoms with Gasteiger partial charge in [-0.25, -0.2) is 9.97 Å². The number of nitrogens with zero attached hydrogens (tertiary/aromatic N) is 2. The Bertz CT molecular complexity index is 499. The average Bonchev–Trinajstić information content (AvgIpc) is 2.40. The van der Waals surface area contributed by atoms with Gasteiger partial charge in [-0.3, -0.25) is 4.79 Å². The summed E-state index contributed by atoms with van der Waals surface area (Å²) in [5, 5.41) is 13.3. The standard InChI is InChI=1S/C14H21N3O2S/c1-8-12(14(20-3)16-9(2)15-8)13(19)17-10-4-6-11(18)7-5-10/h10-11,18H,4-7H2,1-3H3,(H,17,19). The van der Waals surface area contributed by atoms with Crippen LogP contribution < -0.4 is 5.32 Å². The number of rotatable bonds is 3. The SMILES string of the molecule is CSc1nc(C)nc(C)c1C(=O)NC1CCC(O)CC1. The molecule has 20 heavy (non-hydrogen) atoms. The van der Waals surface area contributed by atoms with Crippen molar-refractivity contribution in [1.82, 2.24) is 15.3 Å². The third-order valence-electron chi connectivity index (χ3n) is 3.62. The monoisotopic (exact) mass is 295 g/mol. The van der Waals surface area contributed by atoms with Crippen LogP contribution in [0.15, 0.2) is 5.03 Å². The molecule has 0 radical (unpaired) electrons. The lowest BCUT2D eigenvalue weighted by atomic mass is 9.93. The summed E-state index contributed by atoms with van der Waals surface area (Å²) in [5.74, 6) is 0.581. The fraction of sp³-hybridized carbons (Fsp3) is 0.643. The summed E-state index contributed by atoms with van der Waals surface area (Å²) >= 11 is 1.46. The Morgan fingerprint density at radius 2 is 1.90 bits per heavy atom. The number of carbonyl (C=O) groups excluding carboxylic acids is 1. The van der Waals surface area contributed by atoms with E-state index in [1.54, 1.807) is 0 Å². The largest absolute Gasteiger partial charge is 0.393 e. The van der Waals surface area contributed by atoms with Gasteiger partial charge in [0.05, 0.1) is 17.4 Å². The summed E-state index contributed by atoms with van der Waals surface area (Å²) in [4.78, 5) is 21.1. The summed E-state index contributed by atoms with van der Waals surface area (Å²) in [5.41, 5.74) is 1.30. The van der Waals surface area contributed by atoms with Gasteiger partial charge in [0, 0.05) is 6.04 Å². The highest BCUT2D eigenvalue weighted by atomic mass is 32.2. The van der Waals surface area contributed by atoms with Crippen LogP contribution in [-0.2, 0) is 0 Å². The molecule has 0 unspecified atom stereocenters. The number of aliphatic hydroxyl groups excluding tert-OH is 1. The molecule has 0 bridgehead atoms. The number of carbonyl (C=O) groups is 1. The number of amides is 1. The van der Waals surface area contributed by atoms with Crippen molar-refractivity contribution < 1.29 is 9.90 Å². The number of thioether (sulfide) groups is 1. The van der Waals surface area contributed by atoms with Gasteiger partial charge in [-0.15, -0.1) is 11.8 Å². The van der Waals surface area contributed by atoms with Gasteiger partial charge in [-0.1, -0.05) is 0 Å². The minimum Gasteiger partial charge on any atom is -0.393 e. The van der Waals surface area contributed by atoms with E-state index >= 15 is 0 Å². The number of hydrogen-bond acceptors (Lipinski definition) is 5. The normalized spacial score (nSPS) is 22.6. The predicted molar refractivity (Wildman–Crippen MR) is 79.0 cm³/mol. The first kappa shape index (κ1) is 15.3. The van der Waals surface area contributed by atoms with Crippen LogP contribution in [-0.4, -0.2) is 39.4 Å². The zero-order valence-corrected chi connectivity index (χ0v) is 13.0. The maximum absolute atomic E-state index is 12.4. The van der Waals surface area contributed by atoms with Crippen LogP contribution >= 0.6 is 11.8 Å². The third kappa shape index (κ3) is 3.49. The van der Waals surface area contributed by atoms with Crippen molar-refractivity contribution in [3.8, 4) is 0 Å². The van der Waals surface area contributed by atoms with Gasteiger partial charge in [0.1, 0.15) is 10.9 Å². The van der Waals surface area contributed by atoms with Gasteiger partial charge in [-0.2, -0.15) is 0 Å². The van der Waals surface area contributed by atoms with Gasteiger partial charge in [0.2, 0.25) is 0 Å². The molecular formula is C14H21N3O2S. The molecule has 0 aliphatic heterocycles. The second kappa shape index (κ2) is 6.54. The Morgan fingerprint density at radius 3 is 2.50 bits per heavy atom. The molecule has 5 nitrogen and oxygen atoms in total. The first-order valence-electron chi connectivity index (χ1n) is 6.89. The van der Waals surface area contributed by atoms with Gasteiger partial charge < -0.3 is 10.4 Å². The Labute approximate surface area is 123 Å². The van der Waals surface area contributed by atoms with Crippen LogP contribution in [0.25, 0.3) is 0 Å². The molecule has 1 aromatic rings. The van der Waals surface area contributed by atoms with Crippen LogP contribution in [0.2, 0.25) is 0 Å². The van der Waals surface area contributed by atoms with Crippen molar-refractivity contribution in [2.75, 3.05) is 6.26 Å². The first-order chi connectivity index (χ1) is 9.51. The van der Waals surface area contributed by atoms with Crippen LogP contribution in [0.1, 0.15) is 47.6 Å². The number of aromatic nitrogens is 2. The lowest BCUT2D eigenvalue weighted by Gasteiger charge is -2.26. The maximum atomic E-state index is 12.4. The predicted octanol–water partition coefficient (Wildman–Crippen LogP) is 1.85. The molecule has 0 spiro atoms. The molecule has 0 saturated heterocycles. The molecule has 2 rings (SSSR count). The lowest BCUT2D eigenvalue weighted by molar-refractivity contribution is 0.0863. The van der Waals surface area contributed by atoms with Crippen molar-refractivity contribution in [2.45, 2.75) is 56.7 Å².